The Morgan fingerprint density at radius 1 is 1.29 bits per heavy atom. The van der Waals surface area contributed by atoms with E-state index < -0.39 is 5.97 Å². The Morgan fingerprint density at radius 2 is 2.00 bits per heavy atom. The lowest BCUT2D eigenvalue weighted by molar-refractivity contribution is 0.0694. The third kappa shape index (κ3) is 3.52. The molecule has 0 saturated carbocycles. The Hall–Kier alpha value is -2.08. The van der Waals surface area contributed by atoms with Crippen molar-refractivity contribution >= 4 is 27.8 Å². The first-order chi connectivity index (χ1) is 9.88. The van der Waals surface area contributed by atoms with E-state index in [4.69, 9.17) is 9.52 Å². The number of aryl methyl sites for hydroxylation is 2. The van der Waals surface area contributed by atoms with Gasteiger partial charge in [-0.15, -0.1) is 0 Å². The van der Waals surface area contributed by atoms with Crippen LogP contribution in [-0.2, 0) is 6.54 Å². The largest absolute Gasteiger partial charge is 0.478 e. The maximum atomic E-state index is 12.0. The molecule has 0 aliphatic carbocycles. The topological polar surface area (TPSA) is 79.5 Å². The number of rotatable bonds is 4. The summed E-state index contributed by atoms with van der Waals surface area (Å²) < 4.78 is 6.16. The third-order valence-corrected chi connectivity index (χ3v) is 3.91. The van der Waals surface area contributed by atoms with E-state index in [-0.39, 0.29) is 18.0 Å². The molecule has 110 valence electrons. The molecule has 2 aromatic rings. The fourth-order valence-electron chi connectivity index (χ4n) is 1.85. The van der Waals surface area contributed by atoms with Crippen LogP contribution in [0.1, 0.15) is 37.8 Å². The molecule has 0 saturated heterocycles. The van der Waals surface area contributed by atoms with Gasteiger partial charge in [-0.3, -0.25) is 4.79 Å². The van der Waals surface area contributed by atoms with E-state index >= 15 is 0 Å². The lowest BCUT2D eigenvalue weighted by Gasteiger charge is -2.05. The summed E-state index contributed by atoms with van der Waals surface area (Å²) in [6.07, 6.45) is 0. The number of benzene rings is 1. The van der Waals surface area contributed by atoms with Crippen LogP contribution >= 0.6 is 15.9 Å². The maximum absolute atomic E-state index is 12.0. The molecule has 2 N–H and O–H groups in total. The highest BCUT2D eigenvalue weighted by atomic mass is 79.9. The molecule has 0 radical (unpaired) electrons. The molecular formula is C15H14BrNO4. The van der Waals surface area contributed by atoms with Crippen LogP contribution in [0.3, 0.4) is 0 Å². The Bertz CT molecular complexity index is 706. The highest BCUT2D eigenvalue weighted by Gasteiger charge is 2.14. The first kappa shape index (κ1) is 15.3. The van der Waals surface area contributed by atoms with Gasteiger partial charge in [0, 0.05) is 10.0 Å². The molecule has 0 unspecified atom stereocenters. The number of carboxylic acids is 1. The number of hydrogen-bond acceptors (Lipinski definition) is 3. The minimum absolute atomic E-state index is 0.109. The quantitative estimate of drug-likeness (QED) is 0.885. The zero-order valence-electron chi connectivity index (χ0n) is 11.6. The first-order valence-corrected chi connectivity index (χ1v) is 7.04. The highest BCUT2D eigenvalue weighted by molar-refractivity contribution is 9.10. The van der Waals surface area contributed by atoms with Crippen LogP contribution in [0.5, 0.6) is 0 Å². The van der Waals surface area contributed by atoms with Crippen molar-refractivity contribution in [2.45, 2.75) is 20.4 Å². The molecule has 0 spiro atoms. The van der Waals surface area contributed by atoms with Gasteiger partial charge in [0.1, 0.15) is 17.1 Å². The Morgan fingerprint density at radius 3 is 2.57 bits per heavy atom. The maximum Gasteiger partial charge on any atom is 0.339 e. The zero-order valence-corrected chi connectivity index (χ0v) is 13.2. The van der Waals surface area contributed by atoms with E-state index in [9.17, 15) is 9.59 Å². The van der Waals surface area contributed by atoms with Crippen molar-refractivity contribution in [3.8, 4) is 0 Å². The highest BCUT2D eigenvalue weighted by Crippen LogP contribution is 2.18. The van der Waals surface area contributed by atoms with Crippen molar-refractivity contribution in [3.63, 3.8) is 0 Å². The molecular weight excluding hydrogens is 338 g/mol. The molecule has 5 nitrogen and oxygen atoms in total. The first-order valence-electron chi connectivity index (χ1n) is 6.25. The molecule has 6 heteroatoms. The van der Waals surface area contributed by atoms with Crippen molar-refractivity contribution in [3.05, 3.63) is 56.9 Å². The van der Waals surface area contributed by atoms with Gasteiger partial charge in [0.05, 0.1) is 6.54 Å². The molecule has 0 bridgehead atoms. The second-order valence-electron chi connectivity index (χ2n) is 4.63. The number of hydrogen-bond donors (Lipinski definition) is 2. The van der Waals surface area contributed by atoms with E-state index in [1.54, 1.807) is 19.1 Å². The molecule has 21 heavy (non-hydrogen) atoms. The molecule has 0 atom stereocenters. The predicted molar refractivity (Wildman–Crippen MR) is 80.5 cm³/mol. The number of nitrogens with one attached hydrogen (secondary N) is 1. The van der Waals surface area contributed by atoms with Gasteiger partial charge < -0.3 is 14.8 Å². The monoisotopic (exact) mass is 351 g/mol. The fraction of sp³-hybridized carbons (Fsp3) is 0.200. The van der Waals surface area contributed by atoms with Gasteiger partial charge in [-0.1, -0.05) is 22.0 Å². The van der Waals surface area contributed by atoms with Crippen LogP contribution in [0.15, 0.2) is 33.2 Å². The van der Waals surface area contributed by atoms with Crippen molar-refractivity contribution in [2.24, 2.45) is 0 Å². The number of amides is 1. The molecule has 1 amide bonds. The average Bonchev–Trinajstić information content (AvgIpc) is 2.80. The number of aromatic carboxylic acids is 1. The van der Waals surface area contributed by atoms with E-state index in [2.05, 4.69) is 21.2 Å². The Labute approximate surface area is 130 Å². The van der Waals surface area contributed by atoms with Gasteiger partial charge >= 0.3 is 5.97 Å². The summed E-state index contributed by atoms with van der Waals surface area (Å²) in [5.41, 5.74) is 1.67. The van der Waals surface area contributed by atoms with Crippen LogP contribution in [0.25, 0.3) is 0 Å². The van der Waals surface area contributed by atoms with Gasteiger partial charge in [-0.05, 0) is 37.6 Å². The SMILES string of the molecule is Cc1ccc(C(=O)NCc2cc(C(=O)O)c(C)o2)cc1Br. The normalized spacial score (nSPS) is 10.4. The average molecular weight is 352 g/mol. The molecule has 2 rings (SSSR count). The van der Waals surface area contributed by atoms with E-state index in [1.165, 1.54) is 6.07 Å². The predicted octanol–water partition coefficient (Wildman–Crippen LogP) is 3.29. The summed E-state index contributed by atoms with van der Waals surface area (Å²) in [6, 6.07) is 6.73. The molecule has 0 aliphatic rings. The van der Waals surface area contributed by atoms with Gasteiger partial charge in [0.2, 0.25) is 0 Å². The van der Waals surface area contributed by atoms with Crippen LogP contribution in [0, 0.1) is 13.8 Å². The minimum Gasteiger partial charge on any atom is -0.478 e. The van der Waals surface area contributed by atoms with Crippen molar-refractivity contribution in [1.82, 2.24) is 5.32 Å². The lowest BCUT2D eigenvalue weighted by Crippen LogP contribution is -2.22. The Kier molecular flexibility index (Phi) is 4.47. The summed E-state index contributed by atoms with van der Waals surface area (Å²) in [5.74, 6) is -0.563. The molecule has 1 aromatic heterocycles. The van der Waals surface area contributed by atoms with Gasteiger partial charge in [0.25, 0.3) is 5.91 Å². The van der Waals surface area contributed by atoms with Crippen LogP contribution < -0.4 is 5.32 Å². The number of furan rings is 1. The molecule has 1 heterocycles. The summed E-state index contributed by atoms with van der Waals surface area (Å²) in [4.78, 5) is 22.9. The standard InChI is InChI=1S/C15H14BrNO4/c1-8-3-4-10(5-13(8)16)14(18)17-7-11-6-12(15(19)20)9(2)21-11/h3-6H,7H2,1-2H3,(H,17,18)(H,19,20). The zero-order chi connectivity index (χ0) is 15.6. The second-order valence-corrected chi connectivity index (χ2v) is 5.49. The third-order valence-electron chi connectivity index (χ3n) is 3.06. The smallest absolute Gasteiger partial charge is 0.339 e. The summed E-state index contributed by atoms with van der Waals surface area (Å²) >= 11 is 3.38. The minimum atomic E-state index is -1.05. The Balaban J connectivity index is 2.05. The van der Waals surface area contributed by atoms with E-state index in [1.807, 2.05) is 13.0 Å². The van der Waals surface area contributed by atoms with Crippen LogP contribution in [0.4, 0.5) is 0 Å². The van der Waals surface area contributed by atoms with Gasteiger partial charge in [0.15, 0.2) is 0 Å². The van der Waals surface area contributed by atoms with Crippen LogP contribution in [-0.4, -0.2) is 17.0 Å². The molecule has 0 aliphatic heterocycles. The van der Waals surface area contributed by atoms with Gasteiger partial charge in [-0.25, -0.2) is 4.79 Å². The van der Waals surface area contributed by atoms with E-state index in [0.717, 1.165) is 10.0 Å². The van der Waals surface area contributed by atoms with Crippen LogP contribution in [0.2, 0.25) is 0 Å². The summed E-state index contributed by atoms with van der Waals surface area (Å²) in [7, 11) is 0. The second kappa shape index (κ2) is 6.13. The number of halogens is 1. The van der Waals surface area contributed by atoms with Crippen molar-refractivity contribution in [2.75, 3.05) is 0 Å². The summed E-state index contributed by atoms with van der Waals surface area (Å²) in [6.45, 7) is 3.65. The fourth-order valence-corrected chi connectivity index (χ4v) is 2.23. The summed E-state index contributed by atoms with van der Waals surface area (Å²) in [5, 5.41) is 11.6. The van der Waals surface area contributed by atoms with E-state index in [0.29, 0.717) is 17.1 Å². The molecule has 0 fully saturated rings. The lowest BCUT2D eigenvalue weighted by atomic mass is 10.1. The van der Waals surface area contributed by atoms with Crippen molar-refractivity contribution < 1.29 is 19.1 Å². The number of carbonyl (C=O) groups excluding carboxylic acids is 1. The number of carbonyl (C=O) groups is 2. The van der Waals surface area contributed by atoms with Crippen molar-refractivity contribution in [1.29, 1.82) is 0 Å². The number of carboxylic acid groups (broad SMARTS) is 1. The van der Waals surface area contributed by atoms with Gasteiger partial charge in [-0.2, -0.15) is 0 Å². The molecule has 1 aromatic carbocycles.